The van der Waals surface area contributed by atoms with E-state index in [0.29, 0.717) is 6.42 Å². The maximum Gasteiger partial charge on any atom is 0.374 e. The molecular formula is C19H17NO4. The molecule has 2 aromatic rings. The van der Waals surface area contributed by atoms with E-state index in [2.05, 4.69) is 23.5 Å². The number of hydrogen-bond acceptors (Lipinski definition) is 5. The van der Waals surface area contributed by atoms with Crippen molar-refractivity contribution in [2.45, 2.75) is 31.6 Å². The van der Waals surface area contributed by atoms with Crippen molar-refractivity contribution >= 4 is 22.4 Å². The van der Waals surface area contributed by atoms with Crippen LogP contribution in [0.4, 0.5) is 5.69 Å². The van der Waals surface area contributed by atoms with E-state index in [1.807, 2.05) is 32.0 Å². The van der Waals surface area contributed by atoms with E-state index in [4.69, 9.17) is 14.2 Å². The van der Waals surface area contributed by atoms with Crippen molar-refractivity contribution in [3.8, 4) is 5.75 Å². The third kappa shape index (κ3) is 1.78. The Balaban J connectivity index is 1.66. The second-order valence-corrected chi connectivity index (χ2v) is 7.17. The molecule has 3 aliphatic heterocycles. The van der Waals surface area contributed by atoms with Gasteiger partial charge in [-0.2, -0.15) is 0 Å². The van der Waals surface area contributed by atoms with Crippen LogP contribution in [-0.4, -0.2) is 23.9 Å². The van der Waals surface area contributed by atoms with Crippen molar-refractivity contribution in [2.24, 2.45) is 0 Å². The normalized spacial score (nSPS) is 26.5. The quantitative estimate of drug-likeness (QED) is 0.754. The number of fused-ring (bicyclic) bond motifs is 3. The van der Waals surface area contributed by atoms with Crippen molar-refractivity contribution in [2.75, 3.05) is 11.9 Å². The Bertz CT molecular complexity index is 884. The first-order chi connectivity index (χ1) is 11.5. The second kappa shape index (κ2) is 4.23. The predicted molar refractivity (Wildman–Crippen MR) is 88.7 cm³/mol. The lowest BCUT2D eigenvalue weighted by molar-refractivity contribution is -0.142. The highest BCUT2D eigenvalue weighted by Gasteiger charge is 2.56. The number of hydrogen-bond donors (Lipinski definition) is 1. The molecule has 1 unspecified atom stereocenters. The van der Waals surface area contributed by atoms with Crippen LogP contribution in [-0.2, 0) is 14.3 Å². The van der Waals surface area contributed by atoms with E-state index in [1.54, 1.807) is 0 Å². The van der Waals surface area contributed by atoms with Crippen LogP contribution in [0.3, 0.4) is 0 Å². The first kappa shape index (κ1) is 13.7. The zero-order valence-corrected chi connectivity index (χ0v) is 13.5. The van der Waals surface area contributed by atoms with E-state index in [-0.39, 0.29) is 12.4 Å². The highest BCUT2D eigenvalue weighted by atomic mass is 16.6. The minimum Gasteiger partial charge on any atom is -0.480 e. The fraction of sp³-hybridized carbons (Fsp3) is 0.316. The third-order valence-corrected chi connectivity index (χ3v) is 4.82. The third-order valence-electron chi connectivity index (χ3n) is 4.82. The van der Waals surface area contributed by atoms with Gasteiger partial charge in [0.25, 0.3) is 0 Å². The Morgan fingerprint density at radius 3 is 2.62 bits per heavy atom. The lowest BCUT2D eigenvalue weighted by atomic mass is 9.87. The van der Waals surface area contributed by atoms with Gasteiger partial charge in [0.1, 0.15) is 18.0 Å². The number of benzene rings is 2. The van der Waals surface area contributed by atoms with Gasteiger partial charge in [-0.05, 0) is 36.8 Å². The van der Waals surface area contributed by atoms with E-state index in [9.17, 15) is 4.79 Å². The van der Waals surface area contributed by atoms with E-state index >= 15 is 0 Å². The van der Waals surface area contributed by atoms with Crippen molar-refractivity contribution in [1.82, 2.24) is 0 Å². The molecule has 1 spiro atoms. The molecule has 1 atom stereocenters. The summed E-state index contributed by atoms with van der Waals surface area (Å²) in [7, 11) is 0. The maximum atomic E-state index is 12.0. The minimum atomic E-state index is -0.789. The molecule has 3 aliphatic rings. The molecule has 5 nitrogen and oxygen atoms in total. The monoisotopic (exact) mass is 323 g/mol. The number of esters is 1. The van der Waals surface area contributed by atoms with E-state index in [1.165, 1.54) is 0 Å². The first-order valence-corrected chi connectivity index (χ1v) is 8.06. The van der Waals surface area contributed by atoms with Gasteiger partial charge in [-0.25, -0.2) is 4.79 Å². The van der Waals surface area contributed by atoms with Gasteiger partial charge >= 0.3 is 5.97 Å². The van der Waals surface area contributed by atoms with Crippen LogP contribution in [0.15, 0.2) is 47.7 Å². The summed E-state index contributed by atoms with van der Waals surface area (Å²) in [6, 6.07) is 12.3. The van der Waals surface area contributed by atoms with Crippen molar-refractivity contribution in [1.29, 1.82) is 0 Å². The largest absolute Gasteiger partial charge is 0.480 e. The molecule has 0 amide bonds. The summed E-state index contributed by atoms with van der Waals surface area (Å²) in [5.74, 6) is 0.664. The van der Waals surface area contributed by atoms with Gasteiger partial charge in [0.05, 0.1) is 17.7 Å². The number of ether oxygens (including phenoxy) is 3. The van der Waals surface area contributed by atoms with Crippen LogP contribution in [0.2, 0.25) is 0 Å². The average molecular weight is 323 g/mol. The van der Waals surface area contributed by atoms with Crippen LogP contribution in [0.5, 0.6) is 5.75 Å². The molecule has 0 fully saturated rings. The predicted octanol–water partition coefficient (Wildman–Crippen LogP) is 3.35. The lowest BCUT2D eigenvalue weighted by Gasteiger charge is -2.41. The van der Waals surface area contributed by atoms with Crippen LogP contribution in [0.1, 0.15) is 20.3 Å². The summed E-state index contributed by atoms with van der Waals surface area (Å²) < 4.78 is 17.4. The van der Waals surface area contributed by atoms with Gasteiger partial charge in [0.2, 0.25) is 11.5 Å². The highest BCUT2D eigenvalue weighted by Crippen LogP contribution is 2.50. The standard InChI is InChI=1S/C19H17NO4/c1-18(2)10-19(13-9-22-17(21)16(13)24-18)20-14-7-11-5-3-4-6-12(11)8-15(14)23-19/h3-8,20H,9-10H2,1-2H3. The Labute approximate surface area is 139 Å². The molecule has 0 aliphatic carbocycles. The molecule has 0 aromatic heterocycles. The second-order valence-electron chi connectivity index (χ2n) is 7.17. The van der Waals surface area contributed by atoms with E-state index in [0.717, 1.165) is 27.8 Å². The zero-order valence-electron chi connectivity index (χ0n) is 13.5. The summed E-state index contributed by atoms with van der Waals surface area (Å²) >= 11 is 0. The van der Waals surface area contributed by atoms with Gasteiger partial charge in [-0.15, -0.1) is 0 Å². The van der Waals surface area contributed by atoms with Gasteiger partial charge < -0.3 is 19.5 Å². The van der Waals surface area contributed by atoms with Crippen LogP contribution in [0, 0.1) is 0 Å². The highest BCUT2D eigenvalue weighted by molar-refractivity contribution is 5.92. The first-order valence-electron chi connectivity index (χ1n) is 8.06. The molecule has 122 valence electrons. The molecule has 2 aromatic carbocycles. The fourth-order valence-corrected chi connectivity index (χ4v) is 3.86. The average Bonchev–Trinajstić information content (AvgIpc) is 3.05. The Morgan fingerprint density at radius 1 is 1.08 bits per heavy atom. The smallest absolute Gasteiger partial charge is 0.374 e. The molecule has 5 heteroatoms. The SMILES string of the molecule is CC1(C)CC2(Nc3cc4ccccc4cc3O2)C2=C(O1)C(=O)OC2. The Morgan fingerprint density at radius 2 is 1.83 bits per heavy atom. The summed E-state index contributed by atoms with van der Waals surface area (Å²) in [5.41, 5.74) is 0.351. The molecule has 0 saturated heterocycles. The Kier molecular flexibility index (Phi) is 2.42. The van der Waals surface area contributed by atoms with Crippen molar-refractivity contribution in [3.63, 3.8) is 0 Å². The van der Waals surface area contributed by atoms with E-state index < -0.39 is 17.3 Å². The van der Waals surface area contributed by atoms with Gasteiger partial charge in [0, 0.05) is 0 Å². The zero-order chi connectivity index (χ0) is 16.5. The summed E-state index contributed by atoms with van der Waals surface area (Å²) in [6.45, 7) is 4.11. The van der Waals surface area contributed by atoms with Crippen molar-refractivity contribution < 1.29 is 19.0 Å². The summed E-state index contributed by atoms with van der Waals surface area (Å²) in [6.07, 6.45) is 0.584. The maximum absolute atomic E-state index is 12.0. The van der Waals surface area contributed by atoms with Crippen LogP contribution in [0.25, 0.3) is 10.8 Å². The number of carbonyl (C=O) groups is 1. The minimum absolute atomic E-state index is 0.199. The number of nitrogens with one attached hydrogen (secondary N) is 1. The molecule has 3 heterocycles. The summed E-state index contributed by atoms with van der Waals surface area (Å²) in [4.78, 5) is 12.0. The van der Waals surface area contributed by atoms with Gasteiger partial charge in [-0.1, -0.05) is 24.3 Å². The molecule has 1 N–H and O–H groups in total. The lowest BCUT2D eigenvalue weighted by Crippen LogP contribution is -2.52. The molecule has 24 heavy (non-hydrogen) atoms. The number of carbonyl (C=O) groups excluding carboxylic acids is 1. The topological polar surface area (TPSA) is 56.8 Å². The molecule has 0 saturated carbocycles. The number of cyclic esters (lactones) is 1. The molecule has 5 rings (SSSR count). The van der Waals surface area contributed by atoms with Gasteiger partial charge in [-0.3, -0.25) is 0 Å². The van der Waals surface area contributed by atoms with Crippen LogP contribution < -0.4 is 10.1 Å². The molecule has 0 radical (unpaired) electrons. The Hall–Kier alpha value is -2.69. The van der Waals surface area contributed by atoms with Gasteiger partial charge in [0.15, 0.2) is 0 Å². The fourth-order valence-electron chi connectivity index (χ4n) is 3.86. The van der Waals surface area contributed by atoms with Crippen LogP contribution >= 0.6 is 0 Å². The molecular weight excluding hydrogens is 306 g/mol. The number of anilines is 1. The summed E-state index contributed by atoms with van der Waals surface area (Å²) in [5, 5.41) is 5.76. The number of rotatable bonds is 0. The molecule has 0 bridgehead atoms. The van der Waals surface area contributed by atoms with Crippen molar-refractivity contribution in [3.05, 3.63) is 47.7 Å².